The molecule has 0 aliphatic carbocycles. The molecule has 3 radical (unpaired) electrons. The molecule has 0 fully saturated rings. The first-order valence-electron chi connectivity index (χ1n) is 1.91. The molecule has 79 valence electrons. The topological polar surface area (TPSA) is 74.6 Å². The summed E-state index contributed by atoms with van der Waals surface area (Å²) < 4.78 is 31.6. The van der Waals surface area contributed by atoms with E-state index in [1.165, 1.54) is 0 Å². The molecule has 10 heteroatoms. The van der Waals surface area contributed by atoms with Gasteiger partial charge in [0.1, 0.15) is 0 Å². The second kappa shape index (κ2) is 29.5. The van der Waals surface area contributed by atoms with Crippen LogP contribution in [0, 0.1) is 6.92 Å². The first-order chi connectivity index (χ1) is 3.41. The van der Waals surface area contributed by atoms with Gasteiger partial charge in [-0.1, -0.05) is 6.92 Å². The van der Waals surface area contributed by atoms with Crippen LogP contribution < -0.4 is 18.9 Å². The van der Waals surface area contributed by atoms with E-state index in [2.05, 4.69) is 6.92 Å². The van der Waals surface area contributed by atoms with E-state index in [0.717, 1.165) is 6.42 Å². The van der Waals surface area contributed by atoms with Crippen LogP contribution >= 0.6 is 0 Å². The standard InChI is InChI=1S/C3H7.B.3FH.Li.H2O4S/c1-3-2;;;;;;1-5(2,3)4/h1,3H2,2H3;;3*1H;;(H2,1,2,3,4)/q-1;;;;;+1;. The molecule has 0 aliphatic heterocycles. The molecule has 0 spiro atoms. The van der Waals surface area contributed by atoms with Crippen LogP contribution in [-0.2, 0) is 10.4 Å². The quantitative estimate of drug-likeness (QED) is 0.272. The van der Waals surface area contributed by atoms with Crippen LogP contribution in [0.2, 0.25) is 0 Å². The van der Waals surface area contributed by atoms with E-state index in [0.29, 0.717) is 0 Å². The maximum atomic E-state index is 8.74. The first kappa shape index (κ1) is 50.6. The van der Waals surface area contributed by atoms with Gasteiger partial charge >= 0.3 is 29.3 Å². The average molecular weight is 219 g/mol. The molecule has 0 bridgehead atoms. The van der Waals surface area contributed by atoms with Crippen molar-refractivity contribution in [2.75, 3.05) is 0 Å². The fraction of sp³-hybridized carbons (Fsp3) is 0.667. The van der Waals surface area contributed by atoms with Crippen molar-refractivity contribution in [2.24, 2.45) is 0 Å². The van der Waals surface area contributed by atoms with E-state index in [1.54, 1.807) is 0 Å². The second-order valence-corrected chi connectivity index (χ2v) is 1.84. The van der Waals surface area contributed by atoms with Gasteiger partial charge in [-0.15, -0.1) is 0 Å². The van der Waals surface area contributed by atoms with Gasteiger partial charge in [-0.25, -0.2) is 0 Å². The van der Waals surface area contributed by atoms with Gasteiger partial charge in [0.25, 0.3) is 0 Å². The minimum atomic E-state index is -4.67. The van der Waals surface area contributed by atoms with Crippen molar-refractivity contribution in [3.63, 3.8) is 0 Å². The summed E-state index contributed by atoms with van der Waals surface area (Å²) in [5.74, 6) is 0. The smallest absolute Gasteiger partial charge is 0.344 e. The van der Waals surface area contributed by atoms with Crippen LogP contribution in [0.3, 0.4) is 0 Å². The molecule has 2 N–H and O–H groups in total. The van der Waals surface area contributed by atoms with Crippen LogP contribution in [0.4, 0.5) is 14.1 Å². The van der Waals surface area contributed by atoms with E-state index in [-0.39, 0.29) is 41.4 Å². The summed E-state index contributed by atoms with van der Waals surface area (Å²) >= 11 is 0. The second-order valence-electron chi connectivity index (χ2n) is 0.948. The summed E-state index contributed by atoms with van der Waals surface area (Å²) in [5, 5.41) is 0. The summed E-state index contributed by atoms with van der Waals surface area (Å²) in [6, 6.07) is 0. The molecular formula is C3H12BF3LiO4S. The van der Waals surface area contributed by atoms with Gasteiger partial charge in [-0.05, 0) is 0 Å². The van der Waals surface area contributed by atoms with Gasteiger partial charge in [0.2, 0.25) is 0 Å². The van der Waals surface area contributed by atoms with E-state index in [1.807, 2.05) is 6.92 Å². The van der Waals surface area contributed by atoms with E-state index in [9.17, 15) is 0 Å². The fourth-order valence-electron chi connectivity index (χ4n) is 0. The number of hydrogen-bond donors (Lipinski definition) is 2. The van der Waals surface area contributed by atoms with Crippen molar-refractivity contribution in [1.29, 1.82) is 0 Å². The third-order valence-electron chi connectivity index (χ3n) is 0. The van der Waals surface area contributed by atoms with Crippen molar-refractivity contribution in [2.45, 2.75) is 13.3 Å². The van der Waals surface area contributed by atoms with Gasteiger partial charge in [0.15, 0.2) is 0 Å². The Morgan fingerprint density at radius 2 is 1.15 bits per heavy atom. The predicted molar refractivity (Wildman–Crippen MR) is 43.1 cm³/mol. The molecule has 0 saturated carbocycles. The Morgan fingerprint density at radius 3 is 1.15 bits per heavy atom. The SMILES string of the molecule is F.F.F.O=S(=O)(O)O.[B].[CH2-]CC.[Li+]. The maximum absolute atomic E-state index is 8.74. The maximum Gasteiger partial charge on any atom is 1.00 e. The molecule has 13 heavy (non-hydrogen) atoms. The molecular weight excluding hydrogens is 207 g/mol. The minimum absolute atomic E-state index is 0. The first-order valence-corrected chi connectivity index (χ1v) is 3.30. The summed E-state index contributed by atoms with van der Waals surface area (Å²) in [5.41, 5.74) is 0. The molecule has 0 saturated heterocycles. The van der Waals surface area contributed by atoms with Crippen LogP contribution in [0.5, 0.6) is 0 Å². The van der Waals surface area contributed by atoms with Crippen LogP contribution in [-0.4, -0.2) is 25.9 Å². The Bertz CT molecular complexity index is 125. The molecule has 4 nitrogen and oxygen atoms in total. The average Bonchev–Trinajstić information content (AvgIpc) is 1.27. The van der Waals surface area contributed by atoms with Crippen molar-refractivity contribution in [3.05, 3.63) is 6.92 Å². The number of hydrogen-bond acceptors (Lipinski definition) is 2. The van der Waals surface area contributed by atoms with Gasteiger partial charge in [-0.3, -0.25) is 23.2 Å². The van der Waals surface area contributed by atoms with E-state index >= 15 is 0 Å². The van der Waals surface area contributed by atoms with Crippen LogP contribution in [0.25, 0.3) is 0 Å². The third kappa shape index (κ3) is 12600. The Labute approximate surface area is 89.9 Å². The van der Waals surface area contributed by atoms with E-state index < -0.39 is 10.4 Å². The largest absolute Gasteiger partial charge is 1.00 e. The van der Waals surface area contributed by atoms with Gasteiger partial charge in [0, 0.05) is 8.41 Å². The molecule has 0 unspecified atom stereocenters. The molecule has 0 atom stereocenters. The van der Waals surface area contributed by atoms with Crippen LogP contribution in [0.1, 0.15) is 13.3 Å². The summed E-state index contributed by atoms with van der Waals surface area (Å²) in [6.07, 6.45) is 1.00. The molecule has 0 aromatic carbocycles. The zero-order valence-electron chi connectivity index (χ0n) is 7.34. The monoisotopic (exact) mass is 219 g/mol. The van der Waals surface area contributed by atoms with Crippen molar-refractivity contribution in [1.82, 2.24) is 0 Å². The fourth-order valence-corrected chi connectivity index (χ4v) is 0. The third-order valence-corrected chi connectivity index (χ3v) is 0. The van der Waals surface area contributed by atoms with Crippen LogP contribution in [0.15, 0.2) is 0 Å². The number of halogens is 3. The molecule has 0 aliphatic rings. The number of rotatable bonds is 0. The van der Waals surface area contributed by atoms with Crippen molar-refractivity contribution in [3.8, 4) is 0 Å². The summed E-state index contributed by atoms with van der Waals surface area (Å²) in [7, 11) is -4.67. The Kier molecular flexibility index (Phi) is 115. The summed E-state index contributed by atoms with van der Waals surface area (Å²) in [6.45, 7) is 5.50. The van der Waals surface area contributed by atoms with Gasteiger partial charge in [-0.2, -0.15) is 14.8 Å². The zero-order chi connectivity index (χ0) is 7.21. The van der Waals surface area contributed by atoms with Crippen molar-refractivity contribution >= 4 is 18.8 Å². The minimum Gasteiger partial charge on any atom is -0.344 e. The molecule has 0 amide bonds. The predicted octanol–water partition coefficient (Wildman–Crippen LogP) is -2.34. The van der Waals surface area contributed by atoms with Gasteiger partial charge < -0.3 is 6.92 Å². The Morgan fingerprint density at radius 1 is 1.15 bits per heavy atom. The molecule has 0 aromatic rings. The van der Waals surface area contributed by atoms with E-state index in [4.69, 9.17) is 17.5 Å². The Balaban J connectivity index is -0.00000000840. The van der Waals surface area contributed by atoms with Gasteiger partial charge in [0.05, 0.1) is 0 Å². The molecule has 0 aromatic heterocycles. The Hall–Kier alpha value is 0.322. The molecule has 0 rings (SSSR count). The molecule has 0 heterocycles. The zero-order valence-corrected chi connectivity index (χ0v) is 8.15. The normalized spacial score (nSPS) is 5.85. The van der Waals surface area contributed by atoms with Crippen molar-refractivity contribution < 1.29 is 50.5 Å². The summed E-state index contributed by atoms with van der Waals surface area (Å²) in [4.78, 5) is 0.